The Balaban J connectivity index is 1.70. The Bertz CT molecular complexity index is 1240. The standard InChI is InChI=1S/C21H11Cl2FN2O4/c22-16-6-2-5-14(18(16)23)17-8-7-13(30-17)10-15-19(27)25-21(29)26(20(15)28)12-4-1-3-11(24)9-12/h1-10H,(H,25,27,29)/b15-10-. The van der Waals surface area contributed by atoms with E-state index < -0.39 is 23.7 Å². The first-order valence-corrected chi connectivity index (χ1v) is 9.32. The molecular formula is C21H11Cl2FN2O4. The second-order valence-corrected chi connectivity index (χ2v) is 7.03. The van der Waals surface area contributed by atoms with Crippen molar-refractivity contribution in [3.05, 3.63) is 81.8 Å². The molecule has 0 radical (unpaired) electrons. The molecule has 2 heterocycles. The van der Waals surface area contributed by atoms with Crippen LogP contribution >= 0.6 is 23.2 Å². The summed E-state index contributed by atoms with van der Waals surface area (Å²) in [6.07, 6.45) is 1.19. The summed E-state index contributed by atoms with van der Waals surface area (Å²) >= 11 is 12.2. The molecule has 4 rings (SSSR count). The van der Waals surface area contributed by atoms with E-state index in [-0.39, 0.29) is 17.0 Å². The first-order chi connectivity index (χ1) is 14.3. The minimum Gasteiger partial charge on any atom is -0.457 e. The van der Waals surface area contributed by atoms with Gasteiger partial charge >= 0.3 is 6.03 Å². The fourth-order valence-corrected chi connectivity index (χ4v) is 3.31. The Kier molecular flexibility index (Phi) is 5.15. The number of benzene rings is 2. The van der Waals surface area contributed by atoms with Crippen LogP contribution in [0.5, 0.6) is 0 Å². The van der Waals surface area contributed by atoms with Crippen molar-refractivity contribution in [3.8, 4) is 11.3 Å². The number of barbiturate groups is 1. The summed E-state index contributed by atoms with van der Waals surface area (Å²) in [5, 5.41) is 2.70. The maximum absolute atomic E-state index is 13.5. The van der Waals surface area contributed by atoms with E-state index >= 15 is 0 Å². The number of carbonyl (C=O) groups is 3. The highest BCUT2D eigenvalue weighted by molar-refractivity contribution is 6.43. The average Bonchev–Trinajstić information content (AvgIpc) is 3.16. The topological polar surface area (TPSA) is 79.6 Å². The summed E-state index contributed by atoms with van der Waals surface area (Å²) in [7, 11) is 0. The van der Waals surface area contributed by atoms with Crippen molar-refractivity contribution in [2.75, 3.05) is 4.90 Å². The molecule has 0 saturated carbocycles. The predicted molar refractivity (Wildman–Crippen MR) is 110 cm³/mol. The molecule has 1 aromatic heterocycles. The van der Waals surface area contributed by atoms with Gasteiger partial charge in [0.15, 0.2) is 0 Å². The average molecular weight is 445 g/mol. The van der Waals surface area contributed by atoms with Crippen LogP contribution in [0.2, 0.25) is 10.0 Å². The zero-order valence-corrected chi connectivity index (χ0v) is 16.5. The van der Waals surface area contributed by atoms with Gasteiger partial charge in [0.2, 0.25) is 0 Å². The second kappa shape index (κ2) is 7.78. The van der Waals surface area contributed by atoms with E-state index in [9.17, 15) is 18.8 Å². The van der Waals surface area contributed by atoms with Crippen molar-refractivity contribution < 1.29 is 23.2 Å². The number of urea groups is 1. The Morgan fingerprint density at radius 2 is 1.77 bits per heavy atom. The van der Waals surface area contributed by atoms with Crippen molar-refractivity contribution in [1.82, 2.24) is 5.32 Å². The van der Waals surface area contributed by atoms with E-state index in [2.05, 4.69) is 5.32 Å². The highest BCUT2D eigenvalue weighted by atomic mass is 35.5. The van der Waals surface area contributed by atoms with Crippen molar-refractivity contribution in [2.45, 2.75) is 0 Å². The van der Waals surface area contributed by atoms with E-state index in [1.54, 1.807) is 24.3 Å². The number of nitrogens with one attached hydrogen (secondary N) is 1. The SMILES string of the molecule is O=C1NC(=O)N(c2cccc(F)c2)C(=O)/C1=C\c1ccc(-c2cccc(Cl)c2Cl)o1. The van der Waals surface area contributed by atoms with E-state index in [0.29, 0.717) is 26.3 Å². The summed E-state index contributed by atoms with van der Waals surface area (Å²) in [6, 6.07) is 12.1. The molecule has 0 bridgehead atoms. The van der Waals surface area contributed by atoms with Gasteiger partial charge in [-0.3, -0.25) is 14.9 Å². The lowest BCUT2D eigenvalue weighted by Gasteiger charge is -2.26. The third-order valence-electron chi connectivity index (χ3n) is 4.30. The summed E-state index contributed by atoms with van der Waals surface area (Å²) in [6.45, 7) is 0. The minimum atomic E-state index is -0.974. The van der Waals surface area contributed by atoms with Crippen molar-refractivity contribution in [1.29, 1.82) is 0 Å². The number of anilines is 1. The van der Waals surface area contributed by atoms with Gasteiger partial charge in [0.25, 0.3) is 11.8 Å². The smallest absolute Gasteiger partial charge is 0.335 e. The van der Waals surface area contributed by atoms with Crippen molar-refractivity contribution in [2.24, 2.45) is 0 Å². The number of hydrogen-bond donors (Lipinski definition) is 1. The van der Waals surface area contributed by atoms with Gasteiger partial charge in [-0.25, -0.2) is 14.1 Å². The first-order valence-electron chi connectivity index (χ1n) is 8.56. The highest BCUT2D eigenvalue weighted by Crippen LogP contribution is 2.34. The zero-order valence-electron chi connectivity index (χ0n) is 15.0. The fourth-order valence-electron chi connectivity index (χ4n) is 2.92. The lowest BCUT2D eigenvalue weighted by atomic mass is 10.1. The molecule has 0 aliphatic carbocycles. The van der Waals surface area contributed by atoms with Crippen molar-refractivity contribution in [3.63, 3.8) is 0 Å². The van der Waals surface area contributed by atoms with Gasteiger partial charge < -0.3 is 4.42 Å². The Labute approximate surface area is 179 Å². The van der Waals surface area contributed by atoms with E-state index in [0.717, 1.165) is 6.07 Å². The van der Waals surface area contributed by atoms with Gasteiger partial charge in [-0.05, 0) is 48.5 Å². The van der Waals surface area contributed by atoms with Crippen LogP contribution in [0.4, 0.5) is 14.9 Å². The summed E-state index contributed by atoms with van der Waals surface area (Å²) < 4.78 is 19.2. The van der Waals surface area contributed by atoms with Crippen LogP contribution in [0.3, 0.4) is 0 Å². The van der Waals surface area contributed by atoms with Crippen LogP contribution in [0.1, 0.15) is 5.76 Å². The minimum absolute atomic E-state index is 0.0123. The normalized spacial score (nSPS) is 15.6. The van der Waals surface area contributed by atoms with Gasteiger partial charge in [-0.2, -0.15) is 0 Å². The number of halogens is 3. The van der Waals surface area contributed by atoms with Gasteiger partial charge in [-0.15, -0.1) is 0 Å². The summed E-state index contributed by atoms with van der Waals surface area (Å²) in [5.41, 5.74) is 0.170. The molecule has 0 unspecified atom stereocenters. The van der Waals surface area contributed by atoms with Crippen LogP contribution in [-0.2, 0) is 9.59 Å². The van der Waals surface area contributed by atoms with Gasteiger partial charge in [-0.1, -0.05) is 35.3 Å². The second-order valence-electron chi connectivity index (χ2n) is 6.24. The monoisotopic (exact) mass is 444 g/mol. The Hall–Kier alpha value is -3.42. The van der Waals surface area contributed by atoms with Crippen molar-refractivity contribution >= 4 is 52.8 Å². The van der Waals surface area contributed by atoms with Crippen LogP contribution < -0.4 is 10.2 Å². The lowest BCUT2D eigenvalue weighted by Crippen LogP contribution is -2.54. The first kappa shape index (κ1) is 19.9. The van der Waals surface area contributed by atoms with Crippen LogP contribution in [0, 0.1) is 5.82 Å². The molecule has 1 aliphatic heterocycles. The van der Waals surface area contributed by atoms with Gasteiger partial charge in [0.1, 0.15) is 22.9 Å². The van der Waals surface area contributed by atoms with Gasteiger partial charge in [0.05, 0.1) is 15.7 Å². The molecule has 6 nitrogen and oxygen atoms in total. The molecule has 0 spiro atoms. The van der Waals surface area contributed by atoms with E-state index in [4.69, 9.17) is 27.6 Å². The summed E-state index contributed by atoms with van der Waals surface area (Å²) in [4.78, 5) is 37.9. The number of amides is 4. The Morgan fingerprint density at radius 1 is 1.00 bits per heavy atom. The largest absolute Gasteiger partial charge is 0.457 e. The molecule has 1 aliphatic rings. The maximum Gasteiger partial charge on any atom is 0.335 e. The van der Waals surface area contributed by atoms with Crippen LogP contribution in [-0.4, -0.2) is 17.8 Å². The number of rotatable bonds is 3. The fraction of sp³-hybridized carbons (Fsp3) is 0. The molecule has 4 amide bonds. The molecule has 0 atom stereocenters. The molecule has 3 aromatic rings. The lowest BCUT2D eigenvalue weighted by molar-refractivity contribution is -0.122. The molecule has 30 heavy (non-hydrogen) atoms. The number of furan rings is 1. The highest BCUT2D eigenvalue weighted by Gasteiger charge is 2.37. The molecule has 1 fully saturated rings. The quantitative estimate of drug-likeness (QED) is 0.452. The predicted octanol–water partition coefficient (Wildman–Crippen LogP) is 5.06. The summed E-state index contributed by atoms with van der Waals surface area (Å²) in [5.74, 6) is -1.89. The third-order valence-corrected chi connectivity index (χ3v) is 5.12. The third kappa shape index (κ3) is 3.60. The van der Waals surface area contributed by atoms with Crippen LogP contribution in [0.25, 0.3) is 17.4 Å². The zero-order chi connectivity index (χ0) is 21.4. The maximum atomic E-state index is 13.5. The number of carbonyl (C=O) groups excluding carboxylic acids is 3. The molecular weight excluding hydrogens is 434 g/mol. The molecule has 1 N–H and O–H groups in total. The van der Waals surface area contributed by atoms with E-state index in [1.807, 2.05) is 0 Å². The number of nitrogens with zero attached hydrogens (tertiary/aromatic N) is 1. The molecule has 9 heteroatoms. The molecule has 2 aromatic carbocycles. The Morgan fingerprint density at radius 3 is 2.53 bits per heavy atom. The molecule has 1 saturated heterocycles. The molecule has 150 valence electrons. The van der Waals surface area contributed by atoms with E-state index in [1.165, 1.54) is 30.3 Å². The number of imide groups is 2. The van der Waals surface area contributed by atoms with Gasteiger partial charge in [0, 0.05) is 5.56 Å². The number of hydrogen-bond acceptors (Lipinski definition) is 4. The van der Waals surface area contributed by atoms with Crippen LogP contribution in [0.15, 0.2) is 64.6 Å².